The summed E-state index contributed by atoms with van der Waals surface area (Å²) >= 11 is 0. The summed E-state index contributed by atoms with van der Waals surface area (Å²) in [6, 6.07) is 6.63. The molecule has 3 unspecified atom stereocenters. The van der Waals surface area contributed by atoms with Gasteiger partial charge in [0.1, 0.15) is 17.5 Å². The fourth-order valence-corrected chi connectivity index (χ4v) is 5.60. The first kappa shape index (κ1) is 25.5. The highest BCUT2D eigenvalue weighted by Gasteiger charge is 2.60. The fraction of sp³-hybridized carbons (Fsp3) is 0.704. The molecule has 3 rings (SSSR count). The average molecular weight is 458 g/mol. The highest BCUT2D eigenvalue weighted by atomic mass is 16.3. The number of phenolic OH excluding ortho intramolecular Hbond substituents is 1. The van der Waals surface area contributed by atoms with Crippen LogP contribution in [0.1, 0.15) is 78.2 Å². The molecule has 2 saturated heterocycles. The lowest BCUT2D eigenvalue weighted by atomic mass is 9.89. The number of hydrogen-bond donors (Lipinski definition) is 1. The van der Waals surface area contributed by atoms with Crippen molar-refractivity contribution < 1.29 is 14.7 Å². The second-order valence-corrected chi connectivity index (χ2v) is 10.2. The van der Waals surface area contributed by atoms with Crippen LogP contribution in [-0.2, 0) is 16.0 Å². The Labute approximate surface area is 199 Å². The topological polar surface area (TPSA) is 64.1 Å². The molecular formula is C27H43N3O3. The van der Waals surface area contributed by atoms with Crippen LogP contribution in [-0.4, -0.2) is 69.5 Å². The Morgan fingerprint density at radius 2 is 1.76 bits per heavy atom. The van der Waals surface area contributed by atoms with Crippen molar-refractivity contribution in [1.29, 1.82) is 0 Å². The number of carbonyl (C=O) groups is 2. The maximum atomic E-state index is 14.1. The number of benzene rings is 1. The van der Waals surface area contributed by atoms with E-state index in [0.717, 1.165) is 57.2 Å². The van der Waals surface area contributed by atoms with Crippen molar-refractivity contribution in [3.05, 3.63) is 29.8 Å². The summed E-state index contributed by atoms with van der Waals surface area (Å²) < 4.78 is 0. The van der Waals surface area contributed by atoms with Crippen LogP contribution in [0.15, 0.2) is 24.3 Å². The average Bonchev–Trinajstić information content (AvgIpc) is 3.03. The Balaban J connectivity index is 2.03. The van der Waals surface area contributed by atoms with Crippen LogP contribution in [0.25, 0.3) is 0 Å². The third-order valence-electron chi connectivity index (χ3n) is 8.02. The molecule has 2 aliphatic rings. The molecule has 2 heterocycles. The van der Waals surface area contributed by atoms with Gasteiger partial charge in [-0.15, -0.1) is 0 Å². The quantitative estimate of drug-likeness (QED) is 0.558. The number of amides is 2. The standard InChI is InChI=1S/C27H43N3O3/c1-6-8-9-10-25(32)30-24(19-22-11-13-23(31)14-12-22)26(33)29(21(4)20(3)7-2)27(30)15-17-28(5)18-16-27/h11-14,20-21,24,31H,6-10,15-19H2,1-5H3. The van der Waals surface area contributed by atoms with Gasteiger partial charge in [-0.05, 0) is 44.0 Å². The molecule has 2 aliphatic heterocycles. The lowest BCUT2D eigenvalue weighted by Gasteiger charge is -2.51. The van der Waals surface area contributed by atoms with Crippen molar-refractivity contribution in [1.82, 2.24) is 14.7 Å². The van der Waals surface area contributed by atoms with Crippen LogP contribution in [0.2, 0.25) is 0 Å². The maximum Gasteiger partial charge on any atom is 0.247 e. The molecule has 0 aromatic heterocycles. The molecule has 0 bridgehead atoms. The summed E-state index contributed by atoms with van der Waals surface area (Å²) in [5.74, 6) is 0.769. The predicted octanol–water partition coefficient (Wildman–Crippen LogP) is 4.41. The second kappa shape index (κ2) is 10.9. The van der Waals surface area contributed by atoms with Crippen molar-refractivity contribution in [2.45, 2.75) is 96.8 Å². The van der Waals surface area contributed by atoms with Gasteiger partial charge in [0.15, 0.2) is 0 Å². The first-order valence-electron chi connectivity index (χ1n) is 12.9. The minimum Gasteiger partial charge on any atom is -0.508 e. The van der Waals surface area contributed by atoms with E-state index < -0.39 is 11.7 Å². The molecule has 0 radical (unpaired) electrons. The molecule has 33 heavy (non-hydrogen) atoms. The molecule has 1 aromatic carbocycles. The van der Waals surface area contributed by atoms with E-state index in [-0.39, 0.29) is 23.6 Å². The molecule has 1 spiro atoms. The predicted molar refractivity (Wildman–Crippen MR) is 132 cm³/mol. The Kier molecular flexibility index (Phi) is 8.43. The number of nitrogens with zero attached hydrogens (tertiary/aromatic N) is 3. The maximum absolute atomic E-state index is 14.1. The number of carbonyl (C=O) groups excluding carboxylic acids is 2. The van der Waals surface area contributed by atoms with Crippen molar-refractivity contribution in [3.63, 3.8) is 0 Å². The first-order chi connectivity index (χ1) is 15.7. The number of phenols is 1. The van der Waals surface area contributed by atoms with Gasteiger partial charge in [0, 0.05) is 44.8 Å². The van der Waals surface area contributed by atoms with Crippen molar-refractivity contribution in [3.8, 4) is 5.75 Å². The summed E-state index contributed by atoms with van der Waals surface area (Å²) in [5, 5.41) is 9.71. The Morgan fingerprint density at radius 1 is 1.12 bits per heavy atom. The van der Waals surface area contributed by atoms with Crippen LogP contribution in [0.3, 0.4) is 0 Å². The Hall–Kier alpha value is -2.08. The molecular weight excluding hydrogens is 414 g/mol. The molecule has 6 heteroatoms. The number of aromatic hydroxyl groups is 1. The second-order valence-electron chi connectivity index (χ2n) is 10.2. The first-order valence-corrected chi connectivity index (χ1v) is 12.9. The highest BCUT2D eigenvalue weighted by molar-refractivity contribution is 5.93. The van der Waals surface area contributed by atoms with Gasteiger partial charge in [0.2, 0.25) is 11.8 Å². The lowest BCUT2D eigenvalue weighted by molar-refractivity contribution is -0.150. The summed E-state index contributed by atoms with van der Waals surface area (Å²) in [6.45, 7) is 10.4. The van der Waals surface area contributed by atoms with Gasteiger partial charge < -0.3 is 19.8 Å². The summed E-state index contributed by atoms with van der Waals surface area (Å²) in [5.41, 5.74) is 0.427. The molecule has 0 aliphatic carbocycles. The van der Waals surface area contributed by atoms with Crippen molar-refractivity contribution in [2.24, 2.45) is 5.92 Å². The summed E-state index contributed by atoms with van der Waals surface area (Å²) in [6.07, 6.45) is 6.52. The number of unbranched alkanes of at least 4 members (excludes halogenated alkanes) is 2. The summed E-state index contributed by atoms with van der Waals surface area (Å²) in [7, 11) is 2.12. The lowest BCUT2D eigenvalue weighted by Crippen LogP contribution is -2.63. The van der Waals surface area contributed by atoms with E-state index in [1.165, 1.54) is 0 Å². The monoisotopic (exact) mass is 457 g/mol. The van der Waals surface area contributed by atoms with Gasteiger partial charge in [0.25, 0.3) is 0 Å². The van der Waals surface area contributed by atoms with E-state index in [1.54, 1.807) is 12.1 Å². The van der Waals surface area contributed by atoms with Gasteiger partial charge in [0.05, 0.1) is 0 Å². The van der Waals surface area contributed by atoms with E-state index in [0.29, 0.717) is 18.8 Å². The van der Waals surface area contributed by atoms with Gasteiger partial charge in [-0.1, -0.05) is 52.2 Å². The zero-order valence-electron chi connectivity index (χ0n) is 21.2. The minimum atomic E-state index is -0.544. The Morgan fingerprint density at radius 3 is 2.33 bits per heavy atom. The van der Waals surface area contributed by atoms with Crippen LogP contribution >= 0.6 is 0 Å². The van der Waals surface area contributed by atoms with Crippen LogP contribution in [0.4, 0.5) is 0 Å². The van der Waals surface area contributed by atoms with Crippen molar-refractivity contribution in [2.75, 3.05) is 20.1 Å². The van der Waals surface area contributed by atoms with E-state index in [1.807, 2.05) is 17.0 Å². The number of hydrogen-bond acceptors (Lipinski definition) is 4. The molecule has 0 saturated carbocycles. The van der Waals surface area contributed by atoms with Gasteiger partial charge in [-0.25, -0.2) is 0 Å². The van der Waals surface area contributed by atoms with E-state index in [4.69, 9.17) is 0 Å². The van der Waals surface area contributed by atoms with E-state index in [9.17, 15) is 14.7 Å². The zero-order valence-corrected chi connectivity index (χ0v) is 21.2. The third-order valence-corrected chi connectivity index (χ3v) is 8.02. The molecule has 1 N–H and O–H groups in total. The number of likely N-dealkylation sites (tertiary alicyclic amines) is 1. The third kappa shape index (κ3) is 5.21. The summed E-state index contributed by atoms with van der Waals surface area (Å²) in [4.78, 5) is 34.3. The molecule has 3 atom stereocenters. The molecule has 6 nitrogen and oxygen atoms in total. The zero-order chi connectivity index (χ0) is 24.2. The van der Waals surface area contributed by atoms with Crippen molar-refractivity contribution >= 4 is 11.8 Å². The normalized spacial score (nSPS) is 22.7. The van der Waals surface area contributed by atoms with Gasteiger partial charge >= 0.3 is 0 Å². The van der Waals surface area contributed by atoms with Crippen LogP contribution < -0.4 is 0 Å². The Bertz CT molecular complexity index is 801. The minimum absolute atomic E-state index is 0.0710. The largest absolute Gasteiger partial charge is 0.508 e. The molecule has 2 amide bonds. The smallest absolute Gasteiger partial charge is 0.247 e. The number of rotatable bonds is 9. The van der Waals surface area contributed by atoms with Gasteiger partial charge in [-0.3, -0.25) is 9.59 Å². The fourth-order valence-electron chi connectivity index (χ4n) is 5.60. The van der Waals surface area contributed by atoms with Gasteiger partial charge in [-0.2, -0.15) is 0 Å². The molecule has 2 fully saturated rings. The SMILES string of the molecule is CCCCCC(=O)N1C(Cc2ccc(O)cc2)C(=O)N(C(C)C(C)CC)C12CCN(C)CC2. The molecule has 1 aromatic rings. The number of piperidine rings is 1. The van der Waals surface area contributed by atoms with E-state index in [2.05, 4.69) is 44.5 Å². The van der Waals surface area contributed by atoms with E-state index >= 15 is 0 Å². The highest BCUT2D eigenvalue weighted by Crippen LogP contribution is 2.44. The van der Waals surface area contributed by atoms with Crippen LogP contribution in [0.5, 0.6) is 5.75 Å². The van der Waals surface area contributed by atoms with Crippen LogP contribution in [0, 0.1) is 5.92 Å². The molecule has 184 valence electrons.